The van der Waals surface area contributed by atoms with E-state index in [4.69, 9.17) is 0 Å². The van der Waals surface area contributed by atoms with Crippen molar-refractivity contribution >= 4 is 24.1 Å². The topological polar surface area (TPSA) is 17.1 Å². The Morgan fingerprint density at radius 3 is 2.73 bits per heavy atom. The summed E-state index contributed by atoms with van der Waals surface area (Å²) in [5, 5.41) is 0. The second-order valence-corrected chi connectivity index (χ2v) is 5.77. The quantitative estimate of drug-likeness (QED) is 0.606. The van der Waals surface area contributed by atoms with Gasteiger partial charge in [-0.1, -0.05) is 0 Å². The Kier molecular flexibility index (Phi) is 3.40. The van der Waals surface area contributed by atoms with E-state index in [1.807, 2.05) is 18.2 Å². The van der Waals surface area contributed by atoms with E-state index in [1.54, 1.807) is 0 Å². The van der Waals surface area contributed by atoms with E-state index in [9.17, 15) is 4.79 Å². The van der Waals surface area contributed by atoms with Crippen molar-refractivity contribution in [1.82, 2.24) is 0 Å². The molecule has 0 atom stereocenters. The van der Waals surface area contributed by atoms with E-state index in [2.05, 4.69) is 19.1 Å². The Labute approximate surface area is 96.7 Å². The molecule has 0 bridgehead atoms. The molecule has 0 saturated heterocycles. The molecule has 1 aromatic rings. The number of hydrogen-bond acceptors (Lipinski definition) is 1. The van der Waals surface area contributed by atoms with E-state index in [0.717, 1.165) is 12.0 Å². The molecular formula is C13H14OSe. The monoisotopic (exact) mass is 266 g/mol. The number of hydrogen-bond donors (Lipinski definition) is 0. The van der Waals surface area contributed by atoms with Gasteiger partial charge >= 0.3 is 96.6 Å². The summed E-state index contributed by atoms with van der Waals surface area (Å²) in [6.07, 6.45) is 5.80. The third-order valence-corrected chi connectivity index (χ3v) is 4.63. The fourth-order valence-electron chi connectivity index (χ4n) is 1.67. The van der Waals surface area contributed by atoms with Gasteiger partial charge in [0.1, 0.15) is 0 Å². The van der Waals surface area contributed by atoms with Crippen molar-refractivity contribution in [3.05, 3.63) is 41.5 Å². The van der Waals surface area contributed by atoms with Crippen LogP contribution in [0.3, 0.4) is 0 Å². The van der Waals surface area contributed by atoms with Crippen LogP contribution in [-0.4, -0.2) is 19.6 Å². The van der Waals surface area contributed by atoms with Gasteiger partial charge in [0.05, 0.1) is 0 Å². The van der Waals surface area contributed by atoms with Crippen LogP contribution in [0.15, 0.2) is 30.3 Å². The van der Waals surface area contributed by atoms with Gasteiger partial charge in [-0.3, -0.25) is 0 Å². The van der Waals surface area contributed by atoms with Gasteiger partial charge < -0.3 is 0 Å². The number of rotatable bonds is 3. The van der Waals surface area contributed by atoms with Crippen LogP contribution in [0, 0.1) is 0 Å². The van der Waals surface area contributed by atoms with Gasteiger partial charge in [0, 0.05) is 0 Å². The normalized spacial score (nSPS) is 17.1. The predicted molar refractivity (Wildman–Crippen MR) is 64.0 cm³/mol. The van der Waals surface area contributed by atoms with Crippen LogP contribution in [-0.2, 0) is 0 Å². The van der Waals surface area contributed by atoms with Crippen LogP contribution in [0.2, 0.25) is 0 Å². The number of allylic oxidation sites excluding steroid dienone is 1. The van der Waals surface area contributed by atoms with E-state index in [1.165, 1.54) is 22.9 Å². The first-order valence-corrected chi connectivity index (χ1v) is 7.06. The molecule has 2 rings (SSSR count). The average molecular weight is 265 g/mol. The summed E-state index contributed by atoms with van der Waals surface area (Å²) in [4.78, 5) is 11.7. The maximum absolute atomic E-state index is 11.7. The molecule has 1 aliphatic rings. The molecule has 0 radical (unpaired) electrons. The van der Waals surface area contributed by atoms with Crippen LogP contribution < -0.4 is 0 Å². The Hall–Kier alpha value is -0.851. The number of benzene rings is 1. The summed E-state index contributed by atoms with van der Waals surface area (Å²) in [5.41, 5.74) is 2.11. The first kappa shape index (κ1) is 10.7. The van der Waals surface area contributed by atoms with Crippen LogP contribution in [0.4, 0.5) is 0 Å². The Balaban J connectivity index is 2.24. The predicted octanol–water partition coefficient (Wildman–Crippen LogP) is 3.08. The molecule has 0 aromatic heterocycles. The van der Waals surface area contributed by atoms with Crippen molar-refractivity contribution in [2.45, 2.75) is 26.2 Å². The second-order valence-electron chi connectivity index (χ2n) is 3.65. The molecule has 78 valence electrons. The minimum absolute atomic E-state index is 0.0252. The maximum atomic E-state index is 11.7. The minimum atomic E-state index is 0.0252. The summed E-state index contributed by atoms with van der Waals surface area (Å²) in [7, 11) is 0. The number of fused-ring (bicyclic) bond motifs is 1. The molecule has 0 fully saturated rings. The SMILES string of the molecule is CCCC/C=C1\[Se]C(=O)c2ccccc21. The molecule has 0 spiro atoms. The van der Waals surface area contributed by atoms with Crippen LogP contribution in [0.25, 0.3) is 4.47 Å². The van der Waals surface area contributed by atoms with Crippen LogP contribution in [0.5, 0.6) is 0 Å². The van der Waals surface area contributed by atoms with Gasteiger partial charge in [-0.05, 0) is 0 Å². The molecule has 0 amide bonds. The first-order valence-electron chi connectivity index (χ1n) is 5.34. The summed E-state index contributed by atoms with van der Waals surface area (Å²) in [6.45, 7) is 2.19. The van der Waals surface area contributed by atoms with Gasteiger partial charge in [0.2, 0.25) is 0 Å². The molecule has 0 unspecified atom stereocenters. The first-order chi connectivity index (χ1) is 7.33. The number of carbonyl (C=O) groups excluding carboxylic acids is 1. The summed E-state index contributed by atoms with van der Waals surface area (Å²) >= 11 is 0.0252. The van der Waals surface area contributed by atoms with E-state index in [-0.39, 0.29) is 15.0 Å². The summed E-state index contributed by atoms with van der Waals surface area (Å²) in [6, 6.07) is 7.98. The van der Waals surface area contributed by atoms with Gasteiger partial charge in [0.15, 0.2) is 0 Å². The molecule has 0 N–H and O–H groups in total. The Bertz CT molecular complexity index is 407. The van der Waals surface area contributed by atoms with E-state index < -0.39 is 0 Å². The second kappa shape index (κ2) is 4.78. The van der Waals surface area contributed by atoms with E-state index in [0.29, 0.717) is 4.68 Å². The molecule has 1 aromatic carbocycles. The average Bonchev–Trinajstić information content (AvgIpc) is 2.58. The van der Waals surface area contributed by atoms with Crippen molar-refractivity contribution < 1.29 is 4.79 Å². The molecule has 0 saturated carbocycles. The van der Waals surface area contributed by atoms with Gasteiger partial charge in [0.25, 0.3) is 0 Å². The molecular weight excluding hydrogens is 251 g/mol. The molecule has 1 heterocycles. The molecule has 2 heteroatoms. The third kappa shape index (κ3) is 2.22. The zero-order chi connectivity index (χ0) is 10.7. The van der Waals surface area contributed by atoms with Crippen molar-refractivity contribution in [3.63, 3.8) is 0 Å². The van der Waals surface area contributed by atoms with Crippen molar-refractivity contribution in [1.29, 1.82) is 0 Å². The zero-order valence-electron chi connectivity index (χ0n) is 8.82. The molecule has 0 aliphatic carbocycles. The van der Waals surface area contributed by atoms with Crippen molar-refractivity contribution in [3.8, 4) is 0 Å². The van der Waals surface area contributed by atoms with Gasteiger partial charge in [-0.15, -0.1) is 0 Å². The summed E-state index contributed by atoms with van der Waals surface area (Å²) in [5.74, 6) is 0. The molecule has 15 heavy (non-hydrogen) atoms. The van der Waals surface area contributed by atoms with Gasteiger partial charge in [-0.2, -0.15) is 0 Å². The number of carbonyl (C=O) groups is 1. The summed E-state index contributed by atoms with van der Waals surface area (Å²) < 4.78 is 1.62. The van der Waals surface area contributed by atoms with Crippen LogP contribution in [0.1, 0.15) is 42.1 Å². The molecule has 1 aliphatic heterocycles. The standard InChI is InChI=1S/C13H14OSe/c1-2-3-4-9-12-10-7-5-6-8-11(10)13(14)15-12/h5-9H,2-4H2,1H3/b12-9-. The number of unbranched alkanes of at least 4 members (excludes halogenated alkanes) is 2. The zero-order valence-corrected chi connectivity index (χ0v) is 10.5. The Morgan fingerprint density at radius 1 is 1.27 bits per heavy atom. The van der Waals surface area contributed by atoms with Crippen molar-refractivity contribution in [2.24, 2.45) is 0 Å². The van der Waals surface area contributed by atoms with Gasteiger partial charge in [-0.25, -0.2) is 0 Å². The fraction of sp³-hybridized carbons (Fsp3) is 0.308. The van der Waals surface area contributed by atoms with Crippen molar-refractivity contribution in [2.75, 3.05) is 0 Å². The van der Waals surface area contributed by atoms with E-state index >= 15 is 0 Å². The molecule has 1 nitrogen and oxygen atoms in total. The van der Waals surface area contributed by atoms with Crippen LogP contribution >= 0.6 is 0 Å². The Morgan fingerprint density at radius 2 is 2.00 bits per heavy atom. The third-order valence-electron chi connectivity index (χ3n) is 2.50. The fourth-order valence-corrected chi connectivity index (χ4v) is 3.72.